The van der Waals surface area contributed by atoms with Crippen LogP contribution < -0.4 is 15.8 Å². The molecule has 0 saturated heterocycles. The summed E-state index contributed by atoms with van der Waals surface area (Å²) in [5, 5.41) is 3.14. The minimum Gasteiger partial charge on any atom is -0.496 e. The second-order valence-electron chi connectivity index (χ2n) is 4.56. The van der Waals surface area contributed by atoms with Crippen LogP contribution in [0.4, 0.5) is 0 Å². The lowest BCUT2D eigenvalue weighted by atomic mass is 9.91. The lowest BCUT2D eigenvalue weighted by molar-refractivity contribution is 0.410. The number of aryl methyl sites for hydroxylation is 1. The first-order valence-electron chi connectivity index (χ1n) is 6.07. The van der Waals surface area contributed by atoms with Crippen molar-refractivity contribution in [3.05, 3.63) is 28.3 Å². The van der Waals surface area contributed by atoms with Crippen molar-refractivity contribution < 1.29 is 4.74 Å². The fraction of sp³-hybridized carbons (Fsp3) is 0.571. The molecular weight excluding hydrogens is 212 g/mol. The summed E-state index contributed by atoms with van der Waals surface area (Å²) < 4.78 is 5.37. The fourth-order valence-corrected chi connectivity index (χ4v) is 2.29. The van der Waals surface area contributed by atoms with E-state index in [1.165, 1.54) is 22.3 Å². The SMILES string of the molecule is CNCCC(N)c1c(C)cc(OC)c(C)c1C. The predicted octanol–water partition coefficient (Wildman–Crippen LogP) is 2.23. The van der Waals surface area contributed by atoms with Gasteiger partial charge in [-0.15, -0.1) is 0 Å². The second-order valence-corrected chi connectivity index (χ2v) is 4.56. The Bertz CT molecular complexity index is 388. The third-order valence-corrected chi connectivity index (χ3v) is 3.40. The minimum atomic E-state index is 0.0899. The molecule has 0 amide bonds. The molecular formula is C14H24N2O. The van der Waals surface area contributed by atoms with Gasteiger partial charge >= 0.3 is 0 Å². The highest BCUT2D eigenvalue weighted by atomic mass is 16.5. The lowest BCUT2D eigenvalue weighted by Gasteiger charge is -2.21. The molecule has 0 spiro atoms. The number of rotatable bonds is 5. The van der Waals surface area contributed by atoms with E-state index in [0.29, 0.717) is 0 Å². The van der Waals surface area contributed by atoms with Gasteiger partial charge in [-0.2, -0.15) is 0 Å². The van der Waals surface area contributed by atoms with Crippen molar-refractivity contribution in [3.8, 4) is 5.75 Å². The van der Waals surface area contributed by atoms with Gasteiger partial charge in [-0.25, -0.2) is 0 Å². The van der Waals surface area contributed by atoms with E-state index in [2.05, 4.69) is 32.2 Å². The van der Waals surface area contributed by atoms with Gasteiger partial charge in [-0.05, 0) is 69.1 Å². The van der Waals surface area contributed by atoms with E-state index >= 15 is 0 Å². The number of hydrogen-bond acceptors (Lipinski definition) is 3. The summed E-state index contributed by atoms with van der Waals surface area (Å²) in [4.78, 5) is 0. The van der Waals surface area contributed by atoms with Gasteiger partial charge in [0.15, 0.2) is 0 Å². The summed E-state index contributed by atoms with van der Waals surface area (Å²) in [5.41, 5.74) is 11.2. The Hall–Kier alpha value is -1.06. The first kappa shape index (κ1) is 14.0. The molecule has 1 atom stereocenters. The first-order chi connectivity index (χ1) is 8.02. The van der Waals surface area contributed by atoms with Crippen molar-refractivity contribution in [1.82, 2.24) is 5.32 Å². The van der Waals surface area contributed by atoms with Crippen molar-refractivity contribution in [1.29, 1.82) is 0 Å². The standard InChI is InChI=1S/C14H24N2O/c1-9-8-13(17-5)10(2)11(3)14(9)12(15)6-7-16-4/h8,12,16H,6-7,15H2,1-5H3. The molecule has 1 aromatic carbocycles. The third-order valence-electron chi connectivity index (χ3n) is 3.40. The fourth-order valence-electron chi connectivity index (χ4n) is 2.29. The Labute approximate surface area is 104 Å². The molecule has 0 aliphatic carbocycles. The number of nitrogens with one attached hydrogen (secondary N) is 1. The number of methoxy groups -OCH3 is 1. The van der Waals surface area contributed by atoms with E-state index in [-0.39, 0.29) is 6.04 Å². The zero-order valence-electron chi connectivity index (χ0n) is 11.6. The van der Waals surface area contributed by atoms with Gasteiger partial charge in [0.2, 0.25) is 0 Å². The number of nitrogens with two attached hydrogens (primary N) is 1. The molecule has 0 aliphatic rings. The Balaban J connectivity index is 3.11. The van der Waals surface area contributed by atoms with Gasteiger partial charge in [0.1, 0.15) is 5.75 Å². The van der Waals surface area contributed by atoms with Crippen molar-refractivity contribution in [2.75, 3.05) is 20.7 Å². The number of ether oxygens (including phenoxy) is 1. The van der Waals surface area contributed by atoms with E-state index in [9.17, 15) is 0 Å². The third kappa shape index (κ3) is 2.99. The monoisotopic (exact) mass is 236 g/mol. The molecule has 1 unspecified atom stereocenters. The Kier molecular flexibility index (Phi) is 4.97. The van der Waals surface area contributed by atoms with Crippen LogP contribution in [0.5, 0.6) is 5.75 Å². The van der Waals surface area contributed by atoms with Crippen LogP contribution in [0.15, 0.2) is 6.07 Å². The summed E-state index contributed by atoms with van der Waals surface area (Å²) in [6.45, 7) is 7.25. The molecule has 3 heteroatoms. The average molecular weight is 236 g/mol. The van der Waals surface area contributed by atoms with E-state index in [4.69, 9.17) is 10.5 Å². The highest BCUT2D eigenvalue weighted by Crippen LogP contribution is 2.31. The van der Waals surface area contributed by atoms with Crippen LogP contribution in [-0.2, 0) is 0 Å². The van der Waals surface area contributed by atoms with Gasteiger partial charge in [0, 0.05) is 6.04 Å². The molecule has 0 fully saturated rings. The maximum Gasteiger partial charge on any atom is 0.122 e. The number of hydrogen-bond donors (Lipinski definition) is 2. The molecule has 3 N–H and O–H groups in total. The van der Waals surface area contributed by atoms with Crippen LogP contribution in [0, 0.1) is 20.8 Å². The largest absolute Gasteiger partial charge is 0.496 e. The van der Waals surface area contributed by atoms with Crippen LogP contribution in [0.25, 0.3) is 0 Å². The van der Waals surface area contributed by atoms with Crippen LogP contribution >= 0.6 is 0 Å². The highest BCUT2D eigenvalue weighted by molar-refractivity contribution is 5.49. The summed E-state index contributed by atoms with van der Waals surface area (Å²) >= 11 is 0. The number of benzene rings is 1. The molecule has 0 aromatic heterocycles. The molecule has 1 rings (SSSR count). The first-order valence-corrected chi connectivity index (χ1v) is 6.07. The molecule has 17 heavy (non-hydrogen) atoms. The summed E-state index contributed by atoms with van der Waals surface area (Å²) in [6, 6.07) is 2.17. The van der Waals surface area contributed by atoms with E-state index in [1.54, 1.807) is 7.11 Å². The average Bonchev–Trinajstić information content (AvgIpc) is 2.31. The zero-order valence-corrected chi connectivity index (χ0v) is 11.6. The topological polar surface area (TPSA) is 47.3 Å². The van der Waals surface area contributed by atoms with Crippen molar-refractivity contribution in [2.45, 2.75) is 33.2 Å². The van der Waals surface area contributed by atoms with Crippen molar-refractivity contribution in [2.24, 2.45) is 5.73 Å². The predicted molar refractivity (Wildman–Crippen MR) is 72.7 cm³/mol. The van der Waals surface area contributed by atoms with Crippen molar-refractivity contribution >= 4 is 0 Å². The maximum atomic E-state index is 6.26. The van der Waals surface area contributed by atoms with E-state index in [0.717, 1.165) is 18.7 Å². The quantitative estimate of drug-likeness (QED) is 0.824. The molecule has 0 bridgehead atoms. The van der Waals surface area contributed by atoms with Crippen LogP contribution in [0.3, 0.4) is 0 Å². The Morgan fingerprint density at radius 3 is 2.47 bits per heavy atom. The van der Waals surface area contributed by atoms with E-state index < -0.39 is 0 Å². The minimum absolute atomic E-state index is 0.0899. The van der Waals surface area contributed by atoms with Crippen molar-refractivity contribution in [3.63, 3.8) is 0 Å². The summed E-state index contributed by atoms with van der Waals surface area (Å²) in [5.74, 6) is 0.949. The smallest absolute Gasteiger partial charge is 0.122 e. The lowest BCUT2D eigenvalue weighted by Crippen LogP contribution is -2.20. The molecule has 0 aliphatic heterocycles. The van der Waals surface area contributed by atoms with Crippen LogP contribution in [0.2, 0.25) is 0 Å². The Morgan fingerprint density at radius 1 is 1.29 bits per heavy atom. The zero-order chi connectivity index (χ0) is 13.0. The molecule has 0 heterocycles. The molecule has 0 radical (unpaired) electrons. The molecule has 96 valence electrons. The highest BCUT2D eigenvalue weighted by Gasteiger charge is 2.15. The normalized spacial score (nSPS) is 12.6. The van der Waals surface area contributed by atoms with Gasteiger partial charge in [0.05, 0.1) is 7.11 Å². The molecule has 3 nitrogen and oxygen atoms in total. The summed E-state index contributed by atoms with van der Waals surface area (Å²) in [6.07, 6.45) is 0.948. The van der Waals surface area contributed by atoms with Gasteiger partial charge in [0.25, 0.3) is 0 Å². The van der Waals surface area contributed by atoms with Gasteiger partial charge in [-0.1, -0.05) is 0 Å². The van der Waals surface area contributed by atoms with Gasteiger partial charge < -0.3 is 15.8 Å². The summed E-state index contributed by atoms with van der Waals surface area (Å²) in [7, 11) is 3.66. The molecule has 1 aromatic rings. The van der Waals surface area contributed by atoms with Crippen LogP contribution in [0.1, 0.15) is 34.7 Å². The molecule has 0 saturated carbocycles. The maximum absolute atomic E-state index is 6.26. The van der Waals surface area contributed by atoms with E-state index in [1.807, 2.05) is 7.05 Å². The van der Waals surface area contributed by atoms with Crippen LogP contribution in [-0.4, -0.2) is 20.7 Å². The van der Waals surface area contributed by atoms with Gasteiger partial charge in [-0.3, -0.25) is 0 Å². The second kappa shape index (κ2) is 6.03. The Morgan fingerprint density at radius 2 is 1.94 bits per heavy atom.